The van der Waals surface area contributed by atoms with Crippen LogP contribution in [-0.4, -0.2) is 4.57 Å². The zero-order chi connectivity index (χ0) is 38.4. The van der Waals surface area contributed by atoms with Gasteiger partial charge in [0.15, 0.2) is 0 Å². The van der Waals surface area contributed by atoms with E-state index in [-0.39, 0.29) is 0 Å². The van der Waals surface area contributed by atoms with Crippen molar-refractivity contribution >= 4 is 60.4 Å². The minimum Gasteiger partial charge on any atom is -0.310 e. The molecule has 0 unspecified atom stereocenters. The Morgan fingerprint density at radius 1 is 0.310 bits per heavy atom. The van der Waals surface area contributed by atoms with Crippen LogP contribution < -0.4 is 4.90 Å². The number of benzene rings is 10. The van der Waals surface area contributed by atoms with E-state index in [0.717, 1.165) is 22.7 Å². The number of anilines is 3. The largest absolute Gasteiger partial charge is 0.310 e. The molecule has 2 nitrogen and oxygen atoms in total. The van der Waals surface area contributed by atoms with Crippen molar-refractivity contribution in [1.29, 1.82) is 0 Å². The SMILES string of the molecule is c1ccc(-c2ccc(-c3ccc(N(c4cccc(-c5cccc6c5c5cc7ccccc7cc5n6-c5ccccc5)c4)c4cccc5ccccc45)cc3)cc2)cc1. The van der Waals surface area contributed by atoms with Gasteiger partial charge in [0.25, 0.3) is 0 Å². The van der Waals surface area contributed by atoms with Crippen molar-refractivity contribution in [2.24, 2.45) is 0 Å². The first-order valence-corrected chi connectivity index (χ1v) is 19.9. The number of nitrogens with zero attached hydrogens (tertiary/aromatic N) is 2. The van der Waals surface area contributed by atoms with Crippen LogP contribution in [0.4, 0.5) is 17.1 Å². The summed E-state index contributed by atoms with van der Waals surface area (Å²) in [5.41, 5.74) is 14.1. The van der Waals surface area contributed by atoms with E-state index in [1.165, 1.54) is 76.7 Å². The number of hydrogen-bond acceptors (Lipinski definition) is 1. The Morgan fingerprint density at radius 3 is 1.60 bits per heavy atom. The summed E-state index contributed by atoms with van der Waals surface area (Å²) < 4.78 is 2.42. The van der Waals surface area contributed by atoms with E-state index in [1.807, 2.05) is 0 Å². The Balaban J connectivity index is 1.07. The maximum atomic E-state index is 2.42. The second kappa shape index (κ2) is 14.1. The summed E-state index contributed by atoms with van der Waals surface area (Å²) in [6.45, 7) is 0. The van der Waals surface area contributed by atoms with E-state index in [9.17, 15) is 0 Å². The summed E-state index contributed by atoms with van der Waals surface area (Å²) in [6.07, 6.45) is 0. The van der Waals surface area contributed by atoms with Gasteiger partial charge < -0.3 is 9.47 Å². The van der Waals surface area contributed by atoms with E-state index in [2.05, 4.69) is 240 Å². The van der Waals surface area contributed by atoms with Crippen LogP contribution >= 0.6 is 0 Å². The zero-order valence-electron chi connectivity index (χ0n) is 31.8. The number of aromatic nitrogens is 1. The van der Waals surface area contributed by atoms with Gasteiger partial charge in [-0.1, -0.05) is 170 Å². The summed E-state index contributed by atoms with van der Waals surface area (Å²) >= 11 is 0. The fraction of sp³-hybridized carbons (Fsp3) is 0. The van der Waals surface area contributed by atoms with Gasteiger partial charge in [-0.25, -0.2) is 0 Å². The highest BCUT2D eigenvalue weighted by Crippen LogP contribution is 2.44. The number of hydrogen-bond donors (Lipinski definition) is 0. The Bertz CT molecular complexity index is 3250. The average Bonchev–Trinajstić information content (AvgIpc) is 3.62. The van der Waals surface area contributed by atoms with Crippen LogP contribution in [0, 0.1) is 0 Å². The average molecular weight is 739 g/mol. The van der Waals surface area contributed by atoms with Crippen molar-refractivity contribution in [2.45, 2.75) is 0 Å². The lowest BCUT2D eigenvalue weighted by Crippen LogP contribution is -2.10. The van der Waals surface area contributed by atoms with Gasteiger partial charge in [0.05, 0.1) is 16.7 Å². The molecule has 0 saturated carbocycles. The third-order valence-electron chi connectivity index (χ3n) is 11.5. The number of fused-ring (bicyclic) bond motifs is 5. The molecule has 11 rings (SSSR count). The molecular formula is C56H38N2. The summed E-state index contributed by atoms with van der Waals surface area (Å²) in [5, 5.41) is 7.39. The van der Waals surface area contributed by atoms with Gasteiger partial charge in [0.1, 0.15) is 0 Å². The predicted octanol–water partition coefficient (Wildman–Crippen LogP) is 15.6. The van der Waals surface area contributed by atoms with Crippen LogP contribution in [0.3, 0.4) is 0 Å². The normalized spacial score (nSPS) is 11.4. The van der Waals surface area contributed by atoms with Gasteiger partial charge in [-0.3, -0.25) is 0 Å². The molecule has 272 valence electrons. The Hall–Kier alpha value is -7.68. The highest BCUT2D eigenvalue weighted by atomic mass is 15.1. The van der Waals surface area contributed by atoms with Gasteiger partial charge in [0.2, 0.25) is 0 Å². The molecule has 0 radical (unpaired) electrons. The maximum Gasteiger partial charge on any atom is 0.0547 e. The van der Waals surface area contributed by atoms with Crippen molar-refractivity contribution in [3.8, 4) is 39.1 Å². The lowest BCUT2D eigenvalue weighted by atomic mass is 9.97. The quantitative estimate of drug-likeness (QED) is 0.158. The van der Waals surface area contributed by atoms with Crippen molar-refractivity contribution < 1.29 is 0 Å². The summed E-state index contributed by atoms with van der Waals surface area (Å²) in [7, 11) is 0. The lowest BCUT2D eigenvalue weighted by Gasteiger charge is -2.27. The fourth-order valence-electron chi connectivity index (χ4n) is 8.78. The van der Waals surface area contributed by atoms with Gasteiger partial charge in [0, 0.05) is 33.2 Å². The van der Waals surface area contributed by atoms with Crippen LogP contribution in [0.1, 0.15) is 0 Å². The molecule has 0 N–H and O–H groups in total. The molecular weight excluding hydrogens is 701 g/mol. The first kappa shape index (κ1) is 33.6. The minimum absolute atomic E-state index is 1.10. The monoisotopic (exact) mass is 738 g/mol. The Morgan fingerprint density at radius 2 is 0.862 bits per heavy atom. The summed E-state index contributed by atoms with van der Waals surface area (Å²) in [5.74, 6) is 0. The van der Waals surface area contributed by atoms with Crippen LogP contribution in [0.5, 0.6) is 0 Å². The van der Waals surface area contributed by atoms with Gasteiger partial charge in [-0.2, -0.15) is 0 Å². The standard InChI is InChI=1S/C56H38N2/c1-3-14-39(15-4-1)40-28-30-41(31-29-40)42-32-34-48(35-33-42)57(53-26-12-19-43-16-9-10-24-50(43)53)49-23-11-20-46(36-49)51-25-13-27-54-56(51)52-37-44-17-7-8-18-45(44)38-55(52)58(54)47-21-5-2-6-22-47/h1-38H. The zero-order valence-corrected chi connectivity index (χ0v) is 31.8. The molecule has 0 bridgehead atoms. The Kier molecular flexibility index (Phi) is 8.19. The van der Waals surface area contributed by atoms with Crippen molar-refractivity contribution in [3.63, 3.8) is 0 Å². The van der Waals surface area contributed by atoms with Crippen LogP contribution in [-0.2, 0) is 0 Å². The van der Waals surface area contributed by atoms with E-state index in [4.69, 9.17) is 0 Å². The molecule has 0 amide bonds. The smallest absolute Gasteiger partial charge is 0.0547 e. The van der Waals surface area contributed by atoms with E-state index < -0.39 is 0 Å². The minimum atomic E-state index is 1.10. The molecule has 0 fully saturated rings. The molecule has 0 saturated heterocycles. The van der Waals surface area contributed by atoms with Crippen molar-refractivity contribution in [1.82, 2.24) is 4.57 Å². The lowest BCUT2D eigenvalue weighted by molar-refractivity contribution is 1.18. The van der Waals surface area contributed by atoms with E-state index in [0.29, 0.717) is 0 Å². The van der Waals surface area contributed by atoms with Crippen LogP contribution in [0.2, 0.25) is 0 Å². The molecule has 2 heteroatoms. The molecule has 10 aromatic carbocycles. The fourth-order valence-corrected chi connectivity index (χ4v) is 8.78. The van der Waals surface area contributed by atoms with Gasteiger partial charge in [-0.15, -0.1) is 0 Å². The highest BCUT2D eigenvalue weighted by molar-refractivity contribution is 6.18. The van der Waals surface area contributed by atoms with Crippen molar-refractivity contribution in [2.75, 3.05) is 4.90 Å². The van der Waals surface area contributed by atoms with E-state index in [1.54, 1.807) is 0 Å². The summed E-state index contributed by atoms with van der Waals surface area (Å²) in [6, 6.07) is 83.7. The van der Waals surface area contributed by atoms with Crippen LogP contribution in [0.25, 0.3) is 82.4 Å². The third-order valence-corrected chi connectivity index (χ3v) is 11.5. The molecule has 11 aromatic rings. The molecule has 0 aliphatic rings. The molecule has 58 heavy (non-hydrogen) atoms. The molecule has 1 heterocycles. The highest BCUT2D eigenvalue weighted by Gasteiger charge is 2.20. The van der Waals surface area contributed by atoms with Gasteiger partial charge in [-0.05, 0) is 110 Å². The second-order valence-electron chi connectivity index (χ2n) is 15.0. The molecule has 0 aliphatic carbocycles. The first-order valence-electron chi connectivity index (χ1n) is 19.9. The van der Waals surface area contributed by atoms with Crippen molar-refractivity contribution in [3.05, 3.63) is 231 Å². The van der Waals surface area contributed by atoms with Gasteiger partial charge >= 0.3 is 0 Å². The van der Waals surface area contributed by atoms with E-state index >= 15 is 0 Å². The van der Waals surface area contributed by atoms with Crippen LogP contribution in [0.15, 0.2) is 231 Å². The second-order valence-corrected chi connectivity index (χ2v) is 15.0. The predicted molar refractivity (Wildman–Crippen MR) is 247 cm³/mol. The summed E-state index contributed by atoms with van der Waals surface area (Å²) in [4.78, 5) is 2.41. The number of rotatable bonds is 7. The molecule has 0 spiro atoms. The number of para-hydroxylation sites is 1. The molecule has 1 aromatic heterocycles. The maximum absolute atomic E-state index is 2.42. The molecule has 0 atom stereocenters. The third kappa shape index (κ3) is 5.82. The Labute approximate surface area is 338 Å². The molecule has 0 aliphatic heterocycles. The first-order chi connectivity index (χ1) is 28.8. The topological polar surface area (TPSA) is 8.17 Å².